The number of rotatable bonds is 6. The molecule has 0 saturated carbocycles. The first kappa shape index (κ1) is 30.7. The van der Waals surface area contributed by atoms with Crippen molar-refractivity contribution in [2.75, 3.05) is 0 Å². The first-order chi connectivity index (χ1) is 18.3. The van der Waals surface area contributed by atoms with Crippen LogP contribution in [-0.4, -0.2) is 20.3 Å². The summed E-state index contributed by atoms with van der Waals surface area (Å²) < 4.78 is 93.7. The topological polar surface area (TPSA) is 61.8 Å². The fourth-order valence-electron chi connectivity index (χ4n) is 3.10. The number of alkyl halides is 6. The minimum Gasteiger partial charge on any atom is -0.543 e. The van der Waals surface area contributed by atoms with Crippen molar-refractivity contribution in [2.24, 2.45) is 0 Å². The maximum Gasteiger partial charge on any atom is 0.416 e. The maximum atomic E-state index is 12.9. The summed E-state index contributed by atoms with van der Waals surface area (Å²) in [5.74, 6) is -2.15. The van der Waals surface area contributed by atoms with Gasteiger partial charge in [0.25, 0.3) is 0 Å². The predicted octanol–water partition coefficient (Wildman–Crippen LogP) is 8.55. The Balaban J connectivity index is 1.93. The van der Waals surface area contributed by atoms with E-state index in [1.165, 1.54) is 12.1 Å². The van der Waals surface area contributed by atoms with Crippen LogP contribution in [0.25, 0.3) is 0 Å². The summed E-state index contributed by atoms with van der Waals surface area (Å²) in [7, 11) is -2.48. The fourth-order valence-corrected chi connectivity index (χ4v) is 4.11. The second kappa shape index (κ2) is 11.0. The summed E-state index contributed by atoms with van der Waals surface area (Å²) in [6, 6.07) is 10.8. The van der Waals surface area contributed by atoms with E-state index in [2.05, 4.69) is 0 Å². The summed E-state index contributed by atoms with van der Waals surface area (Å²) in [6.07, 6.45) is -9.14. The highest BCUT2D eigenvalue weighted by molar-refractivity contribution is 6.74. The molecule has 0 atom stereocenters. The quantitative estimate of drug-likeness (QED) is 0.126. The molecule has 0 N–H and O–H groups in total. The Bertz CT molecular complexity index is 1280. The Morgan fingerprint density at radius 3 is 1.25 bits per heavy atom. The second-order valence-electron chi connectivity index (χ2n) is 10.4. The molecule has 3 aromatic carbocycles. The molecule has 0 radical (unpaired) electrons. The molecule has 0 bridgehead atoms. The molecule has 3 aromatic rings. The summed E-state index contributed by atoms with van der Waals surface area (Å²) in [6.45, 7) is 9.78. The second-order valence-corrected chi connectivity index (χ2v) is 15.2. The molecule has 12 heteroatoms. The third kappa shape index (κ3) is 7.65. The molecular formula is C28H26F6O5Si. The number of ether oxygens (including phenoxy) is 2. The molecular weight excluding hydrogens is 558 g/mol. The zero-order valence-electron chi connectivity index (χ0n) is 22.2. The smallest absolute Gasteiger partial charge is 0.416 e. The van der Waals surface area contributed by atoms with Gasteiger partial charge in [0.2, 0.25) is 8.32 Å². The first-order valence-electron chi connectivity index (χ1n) is 11.9. The molecule has 0 heterocycles. The van der Waals surface area contributed by atoms with Crippen molar-refractivity contribution in [3.63, 3.8) is 0 Å². The van der Waals surface area contributed by atoms with Crippen molar-refractivity contribution in [2.45, 2.75) is 51.3 Å². The predicted molar refractivity (Wildman–Crippen MR) is 137 cm³/mol. The van der Waals surface area contributed by atoms with Gasteiger partial charge in [0.05, 0.1) is 22.3 Å². The number of carbonyl (C=O) groups excluding carboxylic acids is 2. The van der Waals surface area contributed by atoms with E-state index in [4.69, 9.17) is 13.9 Å². The standard InChI is InChI=1S/C28H26F6O5Si/c1-26(2,3)40(4,5)39-23-15-17(24(35)37-21-10-6-19(7-11-21)27(29,30)31)14-18(16-23)25(36)38-22-12-8-20(9-13-22)28(32,33)34/h6-16H,1-5H3. The molecule has 0 aromatic heterocycles. The van der Waals surface area contributed by atoms with Crippen LogP contribution in [0.15, 0.2) is 66.7 Å². The summed E-state index contributed by atoms with van der Waals surface area (Å²) in [4.78, 5) is 25.9. The summed E-state index contributed by atoms with van der Waals surface area (Å²) in [5, 5.41) is -0.259. The monoisotopic (exact) mass is 584 g/mol. The lowest BCUT2D eigenvalue weighted by atomic mass is 10.1. The van der Waals surface area contributed by atoms with Gasteiger partial charge in [-0.3, -0.25) is 0 Å². The number of benzene rings is 3. The molecule has 0 aliphatic heterocycles. The molecule has 0 fully saturated rings. The molecule has 0 unspecified atom stereocenters. The van der Waals surface area contributed by atoms with E-state index >= 15 is 0 Å². The van der Waals surface area contributed by atoms with Gasteiger partial charge in [-0.2, -0.15) is 26.3 Å². The van der Waals surface area contributed by atoms with Crippen molar-refractivity contribution < 1.29 is 49.8 Å². The number of esters is 2. The number of hydrogen-bond acceptors (Lipinski definition) is 5. The van der Waals surface area contributed by atoms with Crippen LogP contribution in [0.2, 0.25) is 18.1 Å². The molecule has 5 nitrogen and oxygen atoms in total. The molecule has 0 spiro atoms. The number of carbonyl (C=O) groups is 2. The molecule has 3 rings (SSSR count). The third-order valence-electron chi connectivity index (χ3n) is 6.34. The zero-order valence-corrected chi connectivity index (χ0v) is 23.2. The van der Waals surface area contributed by atoms with E-state index in [0.29, 0.717) is 0 Å². The lowest BCUT2D eigenvalue weighted by molar-refractivity contribution is -0.138. The molecule has 0 aliphatic carbocycles. The summed E-state index contributed by atoms with van der Waals surface area (Å²) in [5.41, 5.74) is -2.17. The van der Waals surface area contributed by atoms with Gasteiger partial charge in [0.15, 0.2) is 0 Å². The Morgan fingerprint density at radius 2 is 0.950 bits per heavy atom. The summed E-state index contributed by atoms with van der Waals surface area (Å²) >= 11 is 0. The van der Waals surface area contributed by atoms with Crippen LogP contribution in [0.4, 0.5) is 26.3 Å². The van der Waals surface area contributed by atoms with Gasteiger partial charge >= 0.3 is 24.3 Å². The molecule has 0 saturated heterocycles. The maximum absolute atomic E-state index is 12.9. The molecule has 40 heavy (non-hydrogen) atoms. The largest absolute Gasteiger partial charge is 0.543 e. The highest BCUT2D eigenvalue weighted by Gasteiger charge is 2.39. The highest BCUT2D eigenvalue weighted by atomic mass is 28.4. The molecule has 0 aliphatic rings. The van der Waals surface area contributed by atoms with Crippen LogP contribution in [0, 0.1) is 0 Å². The first-order valence-corrected chi connectivity index (χ1v) is 14.8. The fraction of sp³-hybridized carbons (Fsp3) is 0.286. The lowest BCUT2D eigenvalue weighted by Gasteiger charge is -2.36. The average molecular weight is 585 g/mol. The molecule has 0 amide bonds. The van der Waals surface area contributed by atoms with Gasteiger partial charge in [0.1, 0.15) is 17.2 Å². The van der Waals surface area contributed by atoms with Crippen molar-refractivity contribution >= 4 is 20.3 Å². The van der Waals surface area contributed by atoms with Gasteiger partial charge in [-0.25, -0.2) is 9.59 Å². The van der Waals surface area contributed by atoms with Gasteiger partial charge in [-0.1, -0.05) is 20.8 Å². The normalized spacial score (nSPS) is 12.6. The van der Waals surface area contributed by atoms with E-state index in [0.717, 1.165) is 54.6 Å². The van der Waals surface area contributed by atoms with E-state index in [1.807, 2.05) is 33.9 Å². The van der Waals surface area contributed by atoms with Gasteiger partial charge in [-0.05, 0) is 84.9 Å². The number of halogens is 6. The number of hydrogen-bond donors (Lipinski definition) is 0. The average Bonchev–Trinajstić information content (AvgIpc) is 2.82. The van der Waals surface area contributed by atoms with Crippen LogP contribution in [-0.2, 0) is 12.4 Å². The molecule has 214 valence electrons. The van der Waals surface area contributed by atoms with Crippen LogP contribution in [0.1, 0.15) is 52.6 Å². The third-order valence-corrected chi connectivity index (χ3v) is 10.7. The Labute approximate surface area is 227 Å². The SMILES string of the molecule is CC(C)(C)[Si](C)(C)Oc1cc(C(=O)Oc2ccc(C(F)(F)F)cc2)cc(C(=O)Oc2ccc(C(F)(F)F)cc2)c1. The van der Waals surface area contributed by atoms with Crippen LogP contribution in [0.5, 0.6) is 17.2 Å². The van der Waals surface area contributed by atoms with Crippen LogP contribution in [0.3, 0.4) is 0 Å². The van der Waals surface area contributed by atoms with Crippen molar-refractivity contribution in [3.05, 3.63) is 89.0 Å². The van der Waals surface area contributed by atoms with Crippen molar-refractivity contribution in [1.29, 1.82) is 0 Å². The van der Waals surface area contributed by atoms with E-state index in [-0.39, 0.29) is 33.4 Å². The van der Waals surface area contributed by atoms with Crippen molar-refractivity contribution in [1.82, 2.24) is 0 Å². The minimum atomic E-state index is -4.57. The van der Waals surface area contributed by atoms with E-state index in [1.54, 1.807) is 0 Å². The van der Waals surface area contributed by atoms with Gasteiger partial charge < -0.3 is 13.9 Å². The Hall–Kier alpha value is -3.80. The van der Waals surface area contributed by atoms with Crippen molar-refractivity contribution in [3.8, 4) is 17.2 Å². The Kier molecular flexibility index (Phi) is 8.44. The van der Waals surface area contributed by atoms with Gasteiger partial charge in [0, 0.05) is 0 Å². The van der Waals surface area contributed by atoms with Gasteiger partial charge in [-0.15, -0.1) is 0 Å². The Morgan fingerprint density at radius 1 is 0.600 bits per heavy atom. The van der Waals surface area contributed by atoms with E-state index in [9.17, 15) is 35.9 Å². The van der Waals surface area contributed by atoms with Crippen LogP contribution >= 0.6 is 0 Å². The van der Waals surface area contributed by atoms with E-state index < -0.39 is 43.7 Å². The lowest BCUT2D eigenvalue weighted by Crippen LogP contribution is -2.43. The highest BCUT2D eigenvalue weighted by Crippen LogP contribution is 2.38. The minimum absolute atomic E-state index is 0.146. The van der Waals surface area contributed by atoms with Crippen LogP contribution < -0.4 is 13.9 Å². The zero-order chi connectivity index (χ0) is 30.1.